The molecule has 0 fully saturated rings. The maximum atomic E-state index is 13.6. The van der Waals surface area contributed by atoms with Crippen molar-refractivity contribution in [3.8, 4) is 0 Å². The van der Waals surface area contributed by atoms with Crippen LogP contribution in [0.2, 0.25) is 5.02 Å². The van der Waals surface area contributed by atoms with Crippen molar-refractivity contribution >= 4 is 40.8 Å². The Kier molecular flexibility index (Phi) is 5.99. The molecule has 4 nitrogen and oxygen atoms in total. The van der Waals surface area contributed by atoms with E-state index in [4.69, 9.17) is 23.8 Å². The van der Waals surface area contributed by atoms with Gasteiger partial charge in [-0.15, -0.1) is 0 Å². The molecule has 0 spiro atoms. The van der Waals surface area contributed by atoms with Crippen molar-refractivity contribution in [3.63, 3.8) is 0 Å². The van der Waals surface area contributed by atoms with Crippen LogP contribution in [0, 0.1) is 5.82 Å². The highest BCUT2D eigenvalue weighted by molar-refractivity contribution is 7.80. The molecule has 1 heterocycles. The second-order valence-corrected chi connectivity index (χ2v) is 6.34. The van der Waals surface area contributed by atoms with E-state index in [1.165, 1.54) is 6.07 Å². The molecule has 0 amide bonds. The molecule has 132 valence electrons. The number of thiocarbonyl (C=S) groups is 1. The summed E-state index contributed by atoms with van der Waals surface area (Å²) in [4.78, 5) is 0. The summed E-state index contributed by atoms with van der Waals surface area (Å²) >= 11 is 11.0. The first kappa shape index (κ1) is 18.1. The van der Waals surface area contributed by atoms with Gasteiger partial charge in [-0.05, 0) is 54.2 Å². The molecule has 26 heavy (non-hydrogen) atoms. The Morgan fingerprint density at radius 2 is 1.88 bits per heavy atom. The van der Waals surface area contributed by atoms with E-state index >= 15 is 0 Å². The summed E-state index contributed by atoms with van der Waals surface area (Å²) in [5.74, 6) is -0.377. The number of hydrogen-bond donors (Lipinski definition) is 2. The van der Waals surface area contributed by atoms with Gasteiger partial charge in [0.15, 0.2) is 5.11 Å². The molecule has 0 saturated carbocycles. The predicted molar refractivity (Wildman–Crippen MR) is 108 cm³/mol. The van der Waals surface area contributed by atoms with Crippen LogP contribution < -0.4 is 10.7 Å². The highest BCUT2D eigenvalue weighted by Gasteiger charge is 2.03. The minimum atomic E-state index is -0.377. The largest absolute Gasteiger partial charge is 0.342 e. The van der Waals surface area contributed by atoms with E-state index in [0.717, 1.165) is 11.3 Å². The first-order valence-electron chi connectivity index (χ1n) is 7.86. The number of rotatable bonds is 5. The van der Waals surface area contributed by atoms with Gasteiger partial charge in [0.2, 0.25) is 0 Å². The molecular formula is C19H16ClFN4S. The summed E-state index contributed by atoms with van der Waals surface area (Å²) in [6.07, 6.45) is 3.62. The second-order valence-electron chi connectivity index (χ2n) is 5.49. The molecule has 3 rings (SSSR count). The third kappa shape index (κ3) is 4.91. The third-order valence-electron chi connectivity index (χ3n) is 3.62. The van der Waals surface area contributed by atoms with Gasteiger partial charge < -0.3 is 9.88 Å². The Bertz CT molecular complexity index is 921. The number of nitrogens with zero attached hydrogens (tertiary/aromatic N) is 2. The van der Waals surface area contributed by atoms with Gasteiger partial charge in [0.25, 0.3) is 0 Å². The van der Waals surface area contributed by atoms with Crippen molar-refractivity contribution in [2.75, 3.05) is 5.32 Å². The van der Waals surface area contributed by atoms with Crippen molar-refractivity contribution in [3.05, 3.63) is 89.0 Å². The average Bonchev–Trinajstić information content (AvgIpc) is 3.06. The maximum absolute atomic E-state index is 13.6. The number of hydrazone groups is 1. The fraction of sp³-hybridized carbons (Fsp3) is 0.0526. The minimum absolute atomic E-state index is 0.210. The lowest BCUT2D eigenvalue weighted by molar-refractivity contribution is 0.632. The molecule has 0 bridgehead atoms. The quantitative estimate of drug-likeness (QED) is 0.381. The van der Waals surface area contributed by atoms with Gasteiger partial charge in [0, 0.05) is 17.8 Å². The normalized spacial score (nSPS) is 10.8. The molecule has 0 radical (unpaired) electrons. The summed E-state index contributed by atoms with van der Waals surface area (Å²) in [5.41, 5.74) is 5.02. The van der Waals surface area contributed by atoms with Crippen molar-refractivity contribution in [2.45, 2.75) is 6.54 Å². The number of anilines is 1. The zero-order valence-electron chi connectivity index (χ0n) is 13.7. The van der Waals surface area contributed by atoms with Crippen molar-refractivity contribution < 1.29 is 4.39 Å². The molecule has 2 aromatic carbocycles. The molecule has 0 aliphatic rings. The van der Waals surface area contributed by atoms with Crippen molar-refractivity contribution in [1.82, 2.24) is 9.99 Å². The predicted octanol–water partition coefficient (Wildman–Crippen LogP) is 4.65. The summed E-state index contributed by atoms with van der Waals surface area (Å²) in [6, 6.07) is 17.9. The molecule has 0 atom stereocenters. The minimum Gasteiger partial charge on any atom is -0.342 e. The highest BCUT2D eigenvalue weighted by atomic mass is 35.5. The SMILES string of the molecule is Fc1ccccc1NC(=S)NN=Cc1cccn1Cc1ccc(Cl)cc1. The Balaban J connectivity index is 1.59. The fourth-order valence-electron chi connectivity index (χ4n) is 2.34. The first-order valence-corrected chi connectivity index (χ1v) is 8.64. The van der Waals surface area contributed by atoms with Crippen LogP contribution in [0.25, 0.3) is 0 Å². The Labute approximate surface area is 161 Å². The molecule has 0 aliphatic heterocycles. The van der Waals surface area contributed by atoms with Gasteiger partial charge in [-0.25, -0.2) is 4.39 Å². The van der Waals surface area contributed by atoms with Crippen LogP contribution in [-0.4, -0.2) is 15.9 Å². The van der Waals surface area contributed by atoms with E-state index in [9.17, 15) is 4.39 Å². The number of aromatic nitrogens is 1. The Morgan fingerprint density at radius 3 is 2.65 bits per heavy atom. The molecule has 0 unspecified atom stereocenters. The fourth-order valence-corrected chi connectivity index (χ4v) is 2.63. The molecule has 1 aromatic heterocycles. The maximum Gasteiger partial charge on any atom is 0.191 e. The molecular weight excluding hydrogens is 371 g/mol. The Morgan fingerprint density at radius 1 is 1.12 bits per heavy atom. The number of hydrogen-bond acceptors (Lipinski definition) is 2. The van der Waals surface area contributed by atoms with Gasteiger partial charge >= 0.3 is 0 Å². The molecule has 3 aromatic rings. The summed E-state index contributed by atoms with van der Waals surface area (Å²) in [6.45, 7) is 0.698. The number of halogens is 2. The Hall–Kier alpha value is -2.70. The number of nitrogens with one attached hydrogen (secondary N) is 2. The number of benzene rings is 2. The van der Waals surface area contributed by atoms with E-state index in [-0.39, 0.29) is 10.9 Å². The average molecular weight is 387 g/mol. The zero-order chi connectivity index (χ0) is 18.4. The zero-order valence-corrected chi connectivity index (χ0v) is 15.3. The lowest BCUT2D eigenvalue weighted by Gasteiger charge is -2.08. The topological polar surface area (TPSA) is 41.4 Å². The molecule has 7 heteroatoms. The second kappa shape index (κ2) is 8.60. The van der Waals surface area contributed by atoms with Gasteiger partial charge in [-0.1, -0.05) is 35.9 Å². The van der Waals surface area contributed by atoms with Crippen LogP contribution in [-0.2, 0) is 6.54 Å². The van der Waals surface area contributed by atoms with E-state index < -0.39 is 0 Å². The van der Waals surface area contributed by atoms with Crippen molar-refractivity contribution in [1.29, 1.82) is 0 Å². The standard InChI is InChI=1S/C19H16ClFN4S/c20-15-9-7-14(8-10-15)13-25-11-3-4-16(25)12-22-24-19(26)23-18-6-2-1-5-17(18)21/h1-12H,13H2,(H2,23,24,26). The van der Waals surface area contributed by atoms with Crippen LogP contribution in [0.5, 0.6) is 0 Å². The highest BCUT2D eigenvalue weighted by Crippen LogP contribution is 2.13. The van der Waals surface area contributed by atoms with E-state index in [1.807, 2.05) is 47.2 Å². The lowest BCUT2D eigenvalue weighted by atomic mass is 10.2. The van der Waals surface area contributed by atoms with E-state index in [2.05, 4.69) is 15.8 Å². The summed E-state index contributed by atoms with van der Waals surface area (Å²) in [5, 5.41) is 7.80. The van der Waals surface area contributed by atoms with Gasteiger partial charge in [-0.3, -0.25) is 5.43 Å². The molecule has 2 N–H and O–H groups in total. The van der Waals surface area contributed by atoms with Crippen molar-refractivity contribution in [2.24, 2.45) is 5.10 Å². The van der Waals surface area contributed by atoms with Crippen LogP contribution in [0.3, 0.4) is 0 Å². The third-order valence-corrected chi connectivity index (χ3v) is 4.06. The van der Waals surface area contributed by atoms with Crippen LogP contribution in [0.1, 0.15) is 11.3 Å². The van der Waals surface area contributed by atoms with Crippen LogP contribution >= 0.6 is 23.8 Å². The smallest absolute Gasteiger partial charge is 0.191 e. The number of para-hydroxylation sites is 1. The lowest BCUT2D eigenvalue weighted by Crippen LogP contribution is -2.24. The first-order chi connectivity index (χ1) is 12.6. The monoisotopic (exact) mass is 386 g/mol. The summed E-state index contributed by atoms with van der Waals surface area (Å²) < 4.78 is 15.6. The van der Waals surface area contributed by atoms with Gasteiger partial charge in [0.1, 0.15) is 5.82 Å². The summed E-state index contributed by atoms with van der Waals surface area (Å²) in [7, 11) is 0. The molecule has 0 saturated heterocycles. The van der Waals surface area contributed by atoms with Gasteiger partial charge in [0.05, 0.1) is 17.6 Å². The van der Waals surface area contributed by atoms with E-state index in [0.29, 0.717) is 17.3 Å². The van der Waals surface area contributed by atoms with Crippen LogP contribution in [0.15, 0.2) is 72.0 Å². The van der Waals surface area contributed by atoms with Gasteiger partial charge in [-0.2, -0.15) is 5.10 Å². The molecule has 0 aliphatic carbocycles. The van der Waals surface area contributed by atoms with E-state index in [1.54, 1.807) is 24.4 Å². The van der Waals surface area contributed by atoms with Crippen LogP contribution in [0.4, 0.5) is 10.1 Å².